The van der Waals surface area contributed by atoms with E-state index < -0.39 is 30.3 Å². The van der Waals surface area contributed by atoms with E-state index in [1.165, 1.54) is 30.4 Å². The third kappa shape index (κ3) is 4.62. The van der Waals surface area contributed by atoms with Crippen LogP contribution in [0.5, 0.6) is 5.75 Å². The number of rotatable bonds is 8. The van der Waals surface area contributed by atoms with Crippen molar-refractivity contribution < 1.29 is 28.3 Å². The number of carbonyl (C=O) groups excluding carboxylic acids is 4. The van der Waals surface area contributed by atoms with Crippen LogP contribution in [0.4, 0.5) is 10.5 Å². The first-order valence-electron chi connectivity index (χ1n) is 10.2. The van der Waals surface area contributed by atoms with Crippen LogP contribution in [0, 0.1) is 0 Å². The summed E-state index contributed by atoms with van der Waals surface area (Å²) in [4.78, 5) is 54.0. The topological polar surface area (TPSA) is 100 Å². The summed E-state index contributed by atoms with van der Waals surface area (Å²) < 4.78 is 10.4. The Balaban J connectivity index is 1.53. The van der Waals surface area contributed by atoms with Crippen molar-refractivity contribution >= 4 is 29.4 Å². The second-order valence-electron chi connectivity index (χ2n) is 7.33. The molecule has 0 N–H and O–H groups in total. The van der Waals surface area contributed by atoms with Gasteiger partial charge in [0.1, 0.15) is 18.1 Å². The summed E-state index contributed by atoms with van der Waals surface area (Å²) in [5.41, 5.74) is 1.08. The molecule has 1 saturated heterocycles. The Morgan fingerprint density at radius 1 is 0.909 bits per heavy atom. The molecule has 1 aromatic heterocycles. The molecule has 9 heteroatoms. The third-order valence-corrected chi connectivity index (χ3v) is 5.17. The smallest absolute Gasteiger partial charge is 0.339 e. The monoisotopic (exact) mass is 447 g/mol. The van der Waals surface area contributed by atoms with Crippen LogP contribution in [-0.4, -0.2) is 47.2 Å². The summed E-state index contributed by atoms with van der Waals surface area (Å²) in [6.07, 6.45) is 1.50. The van der Waals surface area contributed by atoms with Crippen molar-refractivity contribution in [3.8, 4) is 5.75 Å². The van der Waals surface area contributed by atoms with E-state index in [0.717, 1.165) is 10.5 Å². The molecule has 0 atom stereocenters. The summed E-state index contributed by atoms with van der Waals surface area (Å²) in [6.45, 7) is -0.177. The molecule has 2 aromatic carbocycles. The van der Waals surface area contributed by atoms with Gasteiger partial charge in [-0.2, -0.15) is 0 Å². The molecule has 0 unspecified atom stereocenters. The summed E-state index contributed by atoms with van der Waals surface area (Å²) in [5, 5.41) is 0. The van der Waals surface area contributed by atoms with Gasteiger partial charge < -0.3 is 14.1 Å². The number of anilines is 1. The molecule has 0 spiro atoms. The molecule has 33 heavy (non-hydrogen) atoms. The van der Waals surface area contributed by atoms with Gasteiger partial charge in [0.2, 0.25) is 5.91 Å². The van der Waals surface area contributed by atoms with E-state index in [2.05, 4.69) is 0 Å². The van der Waals surface area contributed by atoms with Crippen molar-refractivity contribution in [3.05, 3.63) is 84.3 Å². The number of nitrogens with zero attached hydrogens (tertiary/aromatic N) is 3. The largest absolute Gasteiger partial charge is 0.497 e. The molecular formula is C24H21N3O6. The quantitative estimate of drug-likeness (QED) is 0.389. The molecule has 1 aliphatic heterocycles. The van der Waals surface area contributed by atoms with Gasteiger partial charge in [-0.05, 0) is 42.0 Å². The first-order chi connectivity index (χ1) is 16.0. The maximum Gasteiger partial charge on any atom is 0.339 e. The van der Waals surface area contributed by atoms with Crippen LogP contribution in [-0.2, 0) is 27.5 Å². The van der Waals surface area contributed by atoms with Crippen LogP contribution in [0.25, 0.3) is 0 Å². The first kappa shape index (κ1) is 21.8. The van der Waals surface area contributed by atoms with Crippen LogP contribution in [0.2, 0.25) is 0 Å². The van der Waals surface area contributed by atoms with Gasteiger partial charge in [0.05, 0.1) is 25.6 Å². The third-order valence-electron chi connectivity index (χ3n) is 5.17. The van der Waals surface area contributed by atoms with Gasteiger partial charge >= 0.3 is 17.8 Å². The maximum atomic E-state index is 13.1. The molecule has 5 amide bonds. The molecule has 0 bridgehead atoms. The van der Waals surface area contributed by atoms with Gasteiger partial charge in [0, 0.05) is 6.54 Å². The molecule has 0 radical (unpaired) electrons. The van der Waals surface area contributed by atoms with Gasteiger partial charge in [-0.1, -0.05) is 30.3 Å². The summed E-state index contributed by atoms with van der Waals surface area (Å²) in [5.74, 6) is -1.48. The molecule has 9 nitrogen and oxygen atoms in total. The van der Waals surface area contributed by atoms with Crippen molar-refractivity contribution in [3.63, 3.8) is 0 Å². The number of hydrogen-bond acceptors (Lipinski definition) is 6. The molecule has 3 aromatic rings. The number of benzene rings is 2. The van der Waals surface area contributed by atoms with Crippen LogP contribution >= 0.6 is 0 Å². The Bertz CT molecular complexity index is 1160. The number of ether oxygens (including phenoxy) is 1. The van der Waals surface area contributed by atoms with Gasteiger partial charge in [-0.3, -0.25) is 14.4 Å². The minimum absolute atomic E-state index is 0.146. The van der Waals surface area contributed by atoms with Crippen molar-refractivity contribution in [2.24, 2.45) is 0 Å². The highest BCUT2D eigenvalue weighted by Gasteiger charge is 2.46. The normalized spacial score (nSPS) is 13.5. The Hall–Kier alpha value is -4.40. The van der Waals surface area contributed by atoms with Crippen LogP contribution in [0.1, 0.15) is 11.3 Å². The standard InChI is InChI=1S/C24H21N3O6/c1-32-19-11-9-18(10-12-19)27-23(30)22(29)26(24(27)31)16-21(28)25(15-20-8-5-13-33-20)14-17-6-3-2-4-7-17/h2-13H,14-16H2,1H3. The van der Waals surface area contributed by atoms with E-state index >= 15 is 0 Å². The minimum atomic E-state index is -1.05. The fourth-order valence-corrected chi connectivity index (χ4v) is 3.47. The Morgan fingerprint density at radius 3 is 2.27 bits per heavy atom. The van der Waals surface area contributed by atoms with E-state index in [-0.39, 0.29) is 18.8 Å². The highest BCUT2D eigenvalue weighted by Crippen LogP contribution is 2.25. The van der Waals surface area contributed by atoms with Crippen LogP contribution in [0.3, 0.4) is 0 Å². The Labute approximate surface area is 189 Å². The number of urea groups is 1. The molecule has 0 saturated carbocycles. The zero-order valence-corrected chi connectivity index (χ0v) is 17.8. The fraction of sp³-hybridized carbons (Fsp3) is 0.167. The lowest BCUT2D eigenvalue weighted by molar-refractivity contribution is -0.142. The predicted molar refractivity (Wildman–Crippen MR) is 117 cm³/mol. The lowest BCUT2D eigenvalue weighted by atomic mass is 10.2. The van der Waals surface area contributed by atoms with Crippen molar-refractivity contribution in [1.29, 1.82) is 0 Å². The average molecular weight is 447 g/mol. The SMILES string of the molecule is COc1ccc(N2C(=O)C(=O)N(CC(=O)N(Cc3ccccc3)Cc3ccco3)C2=O)cc1. The van der Waals surface area contributed by atoms with Crippen molar-refractivity contribution in [1.82, 2.24) is 9.80 Å². The maximum absolute atomic E-state index is 13.1. The van der Waals surface area contributed by atoms with E-state index in [0.29, 0.717) is 16.4 Å². The van der Waals surface area contributed by atoms with Gasteiger partial charge in [0.25, 0.3) is 0 Å². The lowest BCUT2D eigenvalue weighted by Crippen LogP contribution is -2.43. The number of carbonyl (C=O) groups is 4. The fourth-order valence-electron chi connectivity index (χ4n) is 3.47. The summed E-state index contributed by atoms with van der Waals surface area (Å²) >= 11 is 0. The second-order valence-corrected chi connectivity index (χ2v) is 7.33. The minimum Gasteiger partial charge on any atom is -0.497 e. The number of methoxy groups -OCH3 is 1. The highest BCUT2D eigenvalue weighted by atomic mass is 16.5. The molecule has 1 fully saturated rings. The van der Waals surface area contributed by atoms with E-state index in [4.69, 9.17) is 9.15 Å². The molecule has 4 rings (SSSR count). The zero-order valence-electron chi connectivity index (χ0n) is 17.8. The molecular weight excluding hydrogens is 426 g/mol. The highest BCUT2D eigenvalue weighted by molar-refractivity contribution is 6.53. The molecule has 0 aliphatic carbocycles. The van der Waals surface area contributed by atoms with Gasteiger partial charge in [-0.15, -0.1) is 0 Å². The Kier molecular flexibility index (Phi) is 6.21. The predicted octanol–water partition coefficient (Wildman–Crippen LogP) is 2.81. The van der Waals surface area contributed by atoms with Gasteiger partial charge in [-0.25, -0.2) is 14.6 Å². The number of hydrogen-bond donors (Lipinski definition) is 0. The number of imide groups is 2. The van der Waals surface area contributed by atoms with Gasteiger partial charge in [0.15, 0.2) is 0 Å². The number of amides is 5. The molecule has 2 heterocycles. The van der Waals surface area contributed by atoms with E-state index in [9.17, 15) is 19.2 Å². The average Bonchev–Trinajstić information content (AvgIpc) is 3.42. The number of furan rings is 1. The van der Waals surface area contributed by atoms with Crippen LogP contribution < -0.4 is 9.64 Å². The second kappa shape index (κ2) is 9.39. The van der Waals surface area contributed by atoms with Crippen molar-refractivity contribution in [2.45, 2.75) is 13.1 Å². The summed E-state index contributed by atoms with van der Waals surface area (Å²) in [7, 11) is 1.49. The van der Waals surface area contributed by atoms with E-state index in [1.54, 1.807) is 24.3 Å². The zero-order chi connectivity index (χ0) is 23.4. The summed E-state index contributed by atoms with van der Waals surface area (Å²) in [6, 6.07) is 18.0. The Morgan fingerprint density at radius 2 is 1.64 bits per heavy atom. The lowest BCUT2D eigenvalue weighted by Gasteiger charge is -2.24. The first-order valence-corrected chi connectivity index (χ1v) is 10.2. The van der Waals surface area contributed by atoms with E-state index in [1.807, 2.05) is 30.3 Å². The van der Waals surface area contributed by atoms with Crippen LogP contribution in [0.15, 0.2) is 77.4 Å². The van der Waals surface area contributed by atoms with Crippen molar-refractivity contribution in [2.75, 3.05) is 18.6 Å². The molecule has 168 valence electrons. The molecule has 1 aliphatic rings.